The Balaban J connectivity index is 1.55. The van der Waals surface area contributed by atoms with Gasteiger partial charge in [-0.25, -0.2) is 4.99 Å². The van der Waals surface area contributed by atoms with Crippen LogP contribution in [0.1, 0.15) is 16.7 Å². The van der Waals surface area contributed by atoms with Crippen LogP contribution in [0.2, 0.25) is 0 Å². The average molecular weight is 495 g/mol. The van der Waals surface area contributed by atoms with Crippen molar-refractivity contribution in [3.8, 4) is 11.5 Å². The third-order valence-corrected chi connectivity index (χ3v) is 7.07. The van der Waals surface area contributed by atoms with Crippen molar-refractivity contribution < 1.29 is 22.1 Å². The number of methoxy groups -OCH3 is 1. The predicted octanol–water partition coefficient (Wildman–Crippen LogP) is 4.97. The Kier molecular flexibility index (Phi) is 6.76. The highest BCUT2D eigenvalue weighted by molar-refractivity contribution is 8.18. The van der Waals surface area contributed by atoms with Gasteiger partial charge in [0.05, 0.1) is 17.7 Å². The van der Waals surface area contributed by atoms with Gasteiger partial charge in [-0.05, 0) is 73.6 Å². The van der Waals surface area contributed by atoms with Crippen molar-refractivity contribution >= 4 is 44.7 Å². The standard InChI is InChI=1S/C25H22N2O5S2/c1-16-4-9-19(10-5-16)26-25-27-24(28)23(33-25)15-18-8-13-21(22(14-18)31-3)32-34(29,30)20-11-6-17(2)7-12-20/h4-15H,1-3H3,(H,26,27,28)/b23-15-. The van der Waals surface area contributed by atoms with E-state index >= 15 is 0 Å². The van der Waals surface area contributed by atoms with Crippen LogP contribution in [-0.4, -0.2) is 26.6 Å². The minimum Gasteiger partial charge on any atom is -0.493 e. The van der Waals surface area contributed by atoms with Crippen LogP contribution in [0.25, 0.3) is 6.08 Å². The highest BCUT2D eigenvalue weighted by atomic mass is 32.2. The van der Waals surface area contributed by atoms with E-state index in [9.17, 15) is 13.2 Å². The third-order valence-electron chi connectivity index (χ3n) is 4.91. The molecule has 1 amide bonds. The smallest absolute Gasteiger partial charge is 0.339 e. The lowest BCUT2D eigenvalue weighted by atomic mass is 10.2. The number of carbonyl (C=O) groups excluding carboxylic acids is 1. The molecule has 1 saturated heterocycles. The topological polar surface area (TPSA) is 94.1 Å². The van der Waals surface area contributed by atoms with Gasteiger partial charge in [0.15, 0.2) is 16.7 Å². The van der Waals surface area contributed by atoms with Gasteiger partial charge in [-0.3, -0.25) is 4.79 Å². The number of aliphatic imine (C=N–C) groups is 1. The second kappa shape index (κ2) is 9.74. The molecule has 0 atom stereocenters. The lowest BCUT2D eigenvalue weighted by Crippen LogP contribution is -2.19. The molecule has 174 valence electrons. The molecule has 3 aromatic carbocycles. The second-order valence-corrected chi connectivity index (χ2v) is 10.2. The number of hydrogen-bond donors (Lipinski definition) is 1. The first kappa shape index (κ1) is 23.6. The monoisotopic (exact) mass is 494 g/mol. The maximum atomic E-state index is 12.6. The molecule has 0 aromatic heterocycles. The summed E-state index contributed by atoms with van der Waals surface area (Å²) in [5, 5.41) is 3.23. The zero-order chi connectivity index (χ0) is 24.3. The quantitative estimate of drug-likeness (QED) is 0.384. The van der Waals surface area contributed by atoms with Crippen molar-refractivity contribution in [1.82, 2.24) is 5.32 Å². The van der Waals surface area contributed by atoms with Crippen molar-refractivity contribution in [1.29, 1.82) is 0 Å². The molecule has 0 unspecified atom stereocenters. The molecule has 34 heavy (non-hydrogen) atoms. The summed E-state index contributed by atoms with van der Waals surface area (Å²) in [5.74, 6) is 0.00876. The molecule has 1 aliphatic rings. The molecule has 4 rings (SSSR count). The summed E-state index contributed by atoms with van der Waals surface area (Å²) in [7, 11) is -2.61. The molecule has 3 aromatic rings. The van der Waals surface area contributed by atoms with Crippen LogP contribution in [0.5, 0.6) is 11.5 Å². The summed E-state index contributed by atoms with van der Waals surface area (Å²) in [6.07, 6.45) is 1.68. The van der Waals surface area contributed by atoms with E-state index in [1.807, 2.05) is 38.1 Å². The van der Waals surface area contributed by atoms with Gasteiger partial charge < -0.3 is 14.2 Å². The number of nitrogens with one attached hydrogen (secondary N) is 1. The van der Waals surface area contributed by atoms with E-state index in [1.165, 1.54) is 37.1 Å². The summed E-state index contributed by atoms with van der Waals surface area (Å²) >= 11 is 1.22. The lowest BCUT2D eigenvalue weighted by molar-refractivity contribution is -0.115. The fourth-order valence-electron chi connectivity index (χ4n) is 3.08. The number of nitrogens with zero attached hydrogens (tertiary/aromatic N) is 1. The molecule has 0 bridgehead atoms. The molecule has 1 aliphatic heterocycles. The molecular weight excluding hydrogens is 472 g/mol. The fourth-order valence-corrected chi connectivity index (χ4v) is 4.86. The molecule has 0 radical (unpaired) electrons. The first-order chi connectivity index (χ1) is 16.2. The highest BCUT2D eigenvalue weighted by Crippen LogP contribution is 2.33. The zero-order valence-electron chi connectivity index (χ0n) is 18.7. The summed E-state index contributed by atoms with van der Waals surface area (Å²) in [6.45, 7) is 3.86. The molecule has 0 saturated carbocycles. The van der Waals surface area contributed by atoms with Gasteiger partial charge in [-0.1, -0.05) is 41.5 Å². The zero-order valence-corrected chi connectivity index (χ0v) is 20.4. The summed E-state index contributed by atoms with van der Waals surface area (Å²) in [6, 6.07) is 18.8. The van der Waals surface area contributed by atoms with Crippen LogP contribution in [0.3, 0.4) is 0 Å². The van der Waals surface area contributed by atoms with Crippen molar-refractivity contribution in [2.75, 3.05) is 7.11 Å². The summed E-state index contributed by atoms with van der Waals surface area (Å²) < 4.78 is 35.9. The molecule has 0 aliphatic carbocycles. The molecule has 1 fully saturated rings. The van der Waals surface area contributed by atoms with Gasteiger partial charge in [0.25, 0.3) is 5.91 Å². The van der Waals surface area contributed by atoms with Gasteiger partial charge in [-0.2, -0.15) is 8.42 Å². The van der Waals surface area contributed by atoms with Crippen molar-refractivity contribution in [3.63, 3.8) is 0 Å². The maximum absolute atomic E-state index is 12.6. The Bertz CT molecular complexity index is 1390. The van der Waals surface area contributed by atoms with Crippen molar-refractivity contribution in [2.24, 2.45) is 4.99 Å². The van der Waals surface area contributed by atoms with Gasteiger partial charge in [0.2, 0.25) is 0 Å². The van der Waals surface area contributed by atoms with Gasteiger partial charge in [0.1, 0.15) is 4.90 Å². The summed E-state index contributed by atoms with van der Waals surface area (Å²) in [5.41, 5.74) is 3.45. The van der Waals surface area contributed by atoms with E-state index in [1.54, 1.807) is 30.3 Å². The Labute approximate surface area is 202 Å². The number of thioether (sulfide) groups is 1. The number of rotatable bonds is 6. The number of carbonyl (C=O) groups is 1. The second-order valence-electron chi connectivity index (χ2n) is 7.58. The van der Waals surface area contributed by atoms with Crippen LogP contribution in [-0.2, 0) is 14.9 Å². The molecular formula is C25H22N2O5S2. The van der Waals surface area contributed by atoms with E-state index < -0.39 is 10.1 Å². The number of aryl methyl sites for hydroxylation is 2. The van der Waals surface area contributed by atoms with E-state index in [0.29, 0.717) is 15.6 Å². The first-order valence-corrected chi connectivity index (χ1v) is 12.5. The Morgan fingerprint density at radius 1 is 0.912 bits per heavy atom. The van der Waals surface area contributed by atoms with Gasteiger partial charge in [0, 0.05) is 0 Å². The minimum absolute atomic E-state index is 0.0470. The Morgan fingerprint density at radius 3 is 2.21 bits per heavy atom. The van der Waals surface area contributed by atoms with Crippen LogP contribution < -0.4 is 14.2 Å². The van der Waals surface area contributed by atoms with E-state index in [0.717, 1.165) is 16.8 Å². The van der Waals surface area contributed by atoms with Crippen LogP contribution >= 0.6 is 11.8 Å². The predicted molar refractivity (Wildman–Crippen MR) is 134 cm³/mol. The maximum Gasteiger partial charge on any atom is 0.339 e. The lowest BCUT2D eigenvalue weighted by Gasteiger charge is -2.11. The van der Waals surface area contributed by atoms with Crippen LogP contribution in [0, 0.1) is 13.8 Å². The van der Waals surface area contributed by atoms with Crippen LogP contribution in [0.4, 0.5) is 5.69 Å². The van der Waals surface area contributed by atoms with E-state index in [4.69, 9.17) is 8.92 Å². The Morgan fingerprint density at radius 2 is 1.56 bits per heavy atom. The van der Waals surface area contributed by atoms with E-state index in [-0.39, 0.29) is 22.3 Å². The molecule has 1 heterocycles. The van der Waals surface area contributed by atoms with Crippen LogP contribution in [0.15, 0.2) is 81.5 Å². The summed E-state index contributed by atoms with van der Waals surface area (Å²) in [4.78, 5) is 17.4. The normalized spacial score (nSPS) is 16.0. The Hall–Kier alpha value is -3.56. The fraction of sp³-hybridized carbons (Fsp3) is 0.120. The number of ether oxygens (including phenoxy) is 1. The van der Waals surface area contributed by atoms with Gasteiger partial charge in [-0.15, -0.1) is 0 Å². The first-order valence-electron chi connectivity index (χ1n) is 10.3. The molecule has 9 heteroatoms. The number of amides is 1. The number of hydrogen-bond acceptors (Lipinski definition) is 7. The van der Waals surface area contributed by atoms with E-state index in [2.05, 4.69) is 10.3 Å². The minimum atomic E-state index is -4.03. The molecule has 1 N–H and O–H groups in total. The van der Waals surface area contributed by atoms with Crippen molar-refractivity contribution in [2.45, 2.75) is 18.7 Å². The van der Waals surface area contributed by atoms with Gasteiger partial charge >= 0.3 is 10.1 Å². The number of benzene rings is 3. The molecule has 7 nitrogen and oxygen atoms in total. The third kappa shape index (κ3) is 5.49. The largest absolute Gasteiger partial charge is 0.493 e. The SMILES string of the molecule is COc1cc(/C=C2\SC(=Nc3ccc(C)cc3)NC2=O)ccc1OS(=O)(=O)c1ccc(C)cc1. The average Bonchev–Trinajstić information content (AvgIpc) is 3.14. The molecule has 0 spiro atoms. The van der Waals surface area contributed by atoms with Crippen molar-refractivity contribution in [3.05, 3.63) is 88.3 Å². The number of amidine groups is 1. The highest BCUT2D eigenvalue weighted by Gasteiger charge is 2.24.